The molecular weight excluding hydrogens is 230 g/mol. The molecule has 88 valence electrons. The van der Waals surface area contributed by atoms with Crippen molar-refractivity contribution in [3.63, 3.8) is 0 Å². The van der Waals surface area contributed by atoms with E-state index in [1.807, 2.05) is 0 Å². The van der Waals surface area contributed by atoms with Crippen molar-refractivity contribution in [2.24, 2.45) is 0 Å². The van der Waals surface area contributed by atoms with Gasteiger partial charge < -0.3 is 10.1 Å². The number of carbonyl (C=O) groups excluding carboxylic acids is 1. The summed E-state index contributed by atoms with van der Waals surface area (Å²) in [4.78, 5) is 11.1. The van der Waals surface area contributed by atoms with E-state index in [-0.39, 0.29) is 0 Å². The number of hydrogen-bond donors (Lipinski definition) is 1. The molecular formula is C9H7F4NO2. The molecule has 2 N–H and O–H groups in total. The molecule has 1 aromatic carbocycles. The molecule has 0 unspecified atom stereocenters. The molecule has 1 aromatic rings. The number of nitrogens with two attached hydrogens (primary N) is 1. The lowest BCUT2D eigenvalue weighted by molar-refractivity contribution is -0.489. The largest absolute Gasteiger partial charge is 0.573 e. The molecule has 0 aliphatic carbocycles. The van der Waals surface area contributed by atoms with Crippen LogP contribution in [0.25, 0.3) is 0 Å². The number of hydrogen-bond acceptors (Lipinski definition) is 2. The van der Waals surface area contributed by atoms with Crippen LogP contribution in [-0.4, -0.2) is 12.3 Å². The molecule has 0 heterocycles. The van der Waals surface area contributed by atoms with Gasteiger partial charge in [-0.05, 0) is 12.1 Å². The standard InChI is InChI=1S/C9H7F4NO2/c1-14-8(15)6-4-5(2-3-7(6)10)16-9(11,12)13/h2-4H,1,14H2. The van der Waals surface area contributed by atoms with E-state index in [2.05, 4.69) is 11.8 Å². The Morgan fingerprint density at radius 2 is 2.00 bits per heavy atom. The maximum Gasteiger partial charge on any atom is 0.573 e. The third kappa shape index (κ3) is 3.20. The first-order valence-corrected chi connectivity index (χ1v) is 4.05. The summed E-state index contributed by atoms with van der Waals surface area (Å²) in [5.41, 5.74) is -0.517. The van der Waals surface area contributed by atoms with E-state index in [1.54, 1.807) is 0 Å². The highest BCUT2D eigenvalue weighted by molar-refractivity contribution is 5.87. The zero-order valence-electron chi connectivity index (χ0n) is 7.84. The summed E-state index contributed by atoms with van der Waals surface area (Å²) in [5.74, 6) is -2.40. The average Bonchev–Trinajstić information content (AvgIpc) is 2.18. The number of carbonyl (C=O) groups is 1. The second-order valence-electron chi connectivity index (χ2n) is 2.76. The summed E-state index contributed by atoms with van der Waals surface area (Å²) in [6, 6.07) is 2.17. The molecule has 0 bridgehead atoms. The smallest absolute Gasteiger partial charge is 0.411 e. The Balaban J connectivity index is 3.03. The minimum Gasteiger partial charge on any atom is -0.411 e. The van der Waals surface area contributed by atoms with E-state index >= 15 is 0 Å². The lowest BCUT2D eigenvalue weighted by Gasteiger charge is -2.09. The van der Waals surface area contributed by atoms with Gasteiger partial charge in [0.25, 0.3) is 0 Å². The number of amides is 1. The van der Waals surface area contributed by atoms with Gasteiger partial charge in [0.2, 0.25) is 0 Å². The first-order valence-electron chi connectivity index (χ1n) is 4.05. The topological polar surface area (TPSA) is 42.9 Å². The highest BCUT2D eigenvalue weighted by atomic mass is 19.4. The number of ether oxygens (including phenoxy) is 1. The minimum absolute atomic E-state index is 0.517. The summed E-state index contributed by atoms with van der Waals surface area (Å²) in [6.45, 7) is 0. The number of primary amides is 1. The molecule has 1 amide bonds. The quantitative estimate of drug-likeness (QED) is 0.620. The zero-order valence-corrected chi connectivity index (χ0v) is 7.84. The molecule has 3 nitrogen and oxygen atoms in total. The van der Waals surface area contributed by atoms with Crippen LogP contribution in [0.4, 0.5) is 17.6 Å². The number of rotatable bonds is 2. The van der Waals surface area contributed by atoms with E-state index in [4.69, 9.17) is 0 Å². The van der Waals surface area contributed by atoms with Crippen molar-refractivity contribution in [2.75, 3.05) is 0 Å². The highest BCUT2D eigenvalue weighted by Crippen LogP contribution is 2.24. The van der Waals surface area contributed by atoms with Gasteiger partial charge >= 0.3 is 12.3 Å². The number of quaternary nitrogens is 1. The van der Waals surface area contributed by atoms with E-state index in [9.17, 15) is 22.4 Å². The third-order valence-electron chi connectivity index (χ3n) is 1.62. The van der Waals surface area contributed by atoms with Gasteiger partial charge in [0.1, 0.15) is 17.1 Å². The van der Waals surface area contributed by atoms with Crippen molar-refractivity contribution >= 4 is 5.91 Å². The van der Waals surface area contributed by atoms with Gasteiger partial charge in [-0.2, -0.15) is 0 Å². The average molecular weight is 237 g/mol. The number of benzene rings is 1. The van der Waals surface area contributed by atoms with Crippen LogP contribution in [-0.2, 0) is 0 Å². The van der Waals surface area contributed by atoms with Crippen LogP contribution < -0.4 is 10.1 Å². The van der Waals surface area contributed by atoms with Gasteiger partial charge in [-0.15, -0.1) is 20.2 Å². The fraction of sp³-hybridized carbons (Fsp3) is 0.111. The van der Waals surface area contributed by atoms with Crippen molar-refractivity contribution in [1.82, 2.24) is 0 Å². The molecule has 0 fully saturated rings. The molecule has 0 saturated carbocycles. The van der Waals surface area contributed by atoms with Gasteiger partial charge in [-0.1, -0.05) is 0 Å². The predicted octanol–water partition coefficient (Wildman–Crippen LogP) is 1.22. The predicted molar refractivity (Wildman–Crippen MR) is 44.7 cm³/mol. The first kappa shape index (κ1) is 12.4. The zero-order chi connectivity index (χ0) is 12.3. The van der Waals surface area contributed by atoms with Crippen LogP contribution in [0.15, 0.2) is 18.2 Å². The van der Waals surface area contributed by atoms with Crippen molar-refractivity contribution < 1.29 is 32.4 Å². The SMILES string of the molecule is [CH2-][NH2+]C(=O)c1cc(OC(F)(F)F)ccc1F. The van der Waals surface area contributed by atoms with Crippen LogP contribution in [0.1, 0.15) is 10.4 Å². The van der Waals surface area contributed by atoms with Crippen molar-refractivity contribution in [2.45, 2.75) is 6.36 Å². The molecule has 0 aliphatic heterocycles. The summed E-state index contributed by atoms with van der Waals surface area (Å²) in [6.07, 6.45) is -4.88. The maximum atomic E-state index is 13.0. The summed E-state index contributed by atoms with van der Waals surface area (Å²) < 4.78 is 52.1. The Kier molecular flexibility index (Phi) is 3.48. The van der Waals surface area contributed by atoms with Gasteiger partial charge in [-0.3, -0.25) is 0 Å². The van der Waals surface area contributed by atoms with E-state index in [0.717, 1.165) is 17.4 Å². The van der Waals surface area contributed by atoms with E-state index in [1.165, 1.54) is 0 Å². The van der Waals surface area contributed by atoms with Crippen LogP contribution in [0.5, 0.6) is 5.75 Å². The monoisotopic (exact) mass is 237 g/mol. The summed E-state index contributed by atoms with van der Waals surface area (Å²) in [7, 11) is 3.10. The van der Waals surface area contributed by atoms with Crippen LogP contribution in [0.2, 0.25) is 0 Å². The first-order chi connectivity index (χ1) is 7.33. The van der Waals surface area contributed by atoms with E-state index in [0.29, 0.717) is 6.07 Å². The molecule has 0 spiro atoms. The van der Waals surface area contributed by atoms with Crippen LogP contribution in [0.3, 0.4) is 0 Å². The van der Waals surface area contributed by atoms with Gasteiger partial charge in [0.15, 0.2) is 0 Å². The van der Waals surface area contributed by atoms with Gasteiger partial charge in [-0.25, -0.2) is 9.18 Å². The third-order valence-corrected chi connectivity index (χ3v) is 1.62. The van der Waals surface area contributed by atoms with Crippen molar-refractivity contribution in [1.29, 1.82) is 0 Å². The molecule has 0 aliphatic rings. The molecule has 7 heteroatoms. The maximum absolute atomic E-state index is 13.0. The highest BCUT2D eigenvalue weighted by Gasteiger charge is 2.31. The Hall–Kier alpha value is -1.63. The van der Waals surface area contributed by atoms with Crippen LogP contribution >= 0.6 is 0 Å². The van der Waals surface area contributed by atoms with E-state index < -0.39 is 29.4 Å². The fourth-order valence-corrected chi connectivity index (χ4v) is 1.00. The Morgan fingerprint density at radius 3 is 2.50 bits per heavy atom. The summed E-state index contributed by atoms with van der Waals surface area (Å²) >= 11 is 0. The summed E-state index contributed by atoms with van der Waals surface area (Å²) in [5, 5.41) is 0.801. The second-order valence-corrected chi connectivity index (χ2v) is 2.76. The Labute approximate surface area is 88.0 Å². The molecule has 16 heavy (non-hydrogen) atoms. The minimum atomic E-state index is -4.88. The molecule has 0 atom stereocenters. The lowest BCUT2D eigenvalue weighted by atomic mass is 10.2. The number of halogens is 4. The van der Waals surface area contributed by atoms with Crippen molar-refractivity contribution in [3.05, 3.63) is 36.6 Å². The lowest BCUT2D eigenvalue weighted by Crippen LogP contribution is -2.81. The van der Waals surface area contributed by atoms with Crippen LogP contribution in [0, 0.1) is 12.9 Å². The second kappa shape index (κ2) is 4.48. The molecule has 1 rings (SSSR count). The van der Waals surface area contributed by atoms with Crippen molar-refractivity contribution in [3.8, 4) is 5.75 Å². The Morgan fingerprint density at radius 1 is 1.38 bits per heavy atom. The van der Waals surface area contributed by atoms with Gasteiger partial charge in [0.05, 0.1) is 0 Å². The fourth-order valence-electron chi connectivity index (χ4n) is 1.00. The normalized spacial score (nSPS) is 11.3. The molecule has 0 saturated heterocycles. The van der Waals surface area contributed by atoms with Gasteiger partial charge in [0, 0.05) is 6.07 Å². The number of alkyl halides is 3. The molecule has 0 aromatic heterocycles. The Bertz CT molecular complexity index is 403. The molecule has 0 radical (unpaired) electrons.